The lowest BCUT2D eigenvalue weighted by molar-refractivity contribution is -0.131. The summed E-state index contributed by atoms with van der Waals surface area (Å²) in [4.78, 5) is 30.1. The molecule has 1 aliphatic heterocycles. The summed E-state index contributed by atoms with van der Waals surface area (Å²) in [5.41, 5.74) is 1.97. The van der Waals surface area contributed by atoms with Crippen molar-refractivity contribution in [2.75, 3.05) is 19.6 Å². The van der Waals surface area contributed by atoms with Gasteiger partial charge in [-0.25, -0.2) is 0 Å². The van der Waals surface area contributed by atoms with Crippen LogP contribution in [-0.4, -0.2) is 41.3 Å². The third kappa shape index (κ3) is 4.34. The first-order valence-corrected chi connectivity index (χ1v) is 10.2. The number of H-pyrrole nitrogens is 1. The first-order valence-electron chi connectivity index (χ1n) is 10.2. The van der Waals surface area contributed by atoms with Crippen LogP contribution >= 0.6 is 0 Å². The van der Waals surface area contributed by atoms with Crippen LogP contribution in [0.2, 0.25) is 0 Å². The van der Waals surface area contributed by atoms with Crippen LogP contribution < -0.4 is 5.32 Å². The summed E-state index contributed by atoms with van der Waals surface area (Å²) < 4.78 is 0. The van der Waals surface area contributed by atoms with E-state index in [4.69, 9.17) is 0 Å². The highest BCUT2D eigenvalue weighted by atomic mass is 16.2. The molecule has 1 aromatic carbocycles. The summed E-state index contributed by atoms with van der Waals surface area (Å²) in [6.07, 6.45) is 7.84. The van der Waals surface area contributed by atoms with Crippen molar-refractivity contribution in [3.8, 4) is 0 Å². The van der Waals surface area contributed by atoms with E-state index in [2.05, 4.69) is 24.1 Å². The molecule has 2 N–H and O–H groups in total. The Morgan fingerprint density at radius 1 is 1.15 bits per heavy atom. The lowest BCUT2D eigenvalue weighted by atomic mass is 9.76. The van der Waals surface area contributed by atoms with E-state index in [1.165, 1.54) is 19.3 Å². The Morgan fingerprint density at radius 3 is 2.70 bits per heavy atom. The van der Waals surface area contributed by atoms with Crippen LogP contribution in [0.3, 0.4) is 0 Å². The maximum absolute atomic E-state index is 12.6. The minimum Gasteiger partial charge on any atom is -0.360 e. The zero-order chi connectivity index (χ0) is 19.3. The van der Waals surface area contributed by atoms with E-state index in [0.717, 1.165) is 36.8 Å². The van der Waals surface area contributed by atoms with Crippen molar-refractivity contribution in [1.29, 1.82) is 0 Å². The number of nitrogens with zero attached hydrogens (tertiary/aromatic N) is 1. The van der Waals surface area contributed by atoms with Crippen molar-refractivity contribution < 1.29 is 9.59 Å². The molecular formula is C22H31N3O2. The molecule has 0 spiro atoms. The van der Waals surface area contributed by atoms with Crippen molar-refractivity contribution in [2.24, 2.45) is 5.41 Å². The van der Waals surface area contributed by atoms with E-state index < -0.39 is 0 Å². The molecule has 5 heteroatoms. The average molecular weight is 370 g/mol. The van der Waals surface area contributed by atoms with Gasteiger partial charge in [-0.05, 0) is 30.7 Å². The molecule has 146 valence electrons. The average Bonchev–Trinajstić information content (AvgIpc) is 3.00. The Labute approximate surface area is 161 Å². The van der Waals surface area contributed by atoms with Gasteiger partial charge >= 0.3 is 0 Å². The molecule has 1 aromatic heterocycles. The Balaban J connectivity index is 1.50. The number of nitrogens with one attached hydrogen (secondary N) is 2. The molecule has 0 bridgehead atoms. The SMILES string of the molecule is CCC1(CC)CCCN(C(=O)CCNC(=O)c2c[nH]c3ccccc23)CC1. The van der Waals surface area contributed by atoms with Gasteiger partial charge in [-0.3, -0.25) is 9.59 Å². The molecule has 27 heavy (non-hydrogen) atoms. The molecule has 0 aliphatic carbocycles. The van der Waals surface area contributed by atoms with Gasteiger partial charge in [0.1, 0.15) is 0 Å². The summed E-state index contributed by atoms with van der Waals surface area (Å²) in [6.45, 7) is 6.59. The fourth-order valence-electron chi connectivity index (χ4n) is 4.26. The van der Waals surface area contributed by atoms with E-state index in [1.54, 1.807) is 6.20 Å². The summed E-state index contributed by atoms with van der Waals surface area (Å²) in [7, 11) is 0. The number of likely N-dealkylation sites (tertiary alicyclic amines) is 1. The van der Waals surface area contributed by atoms with Gasteiger partial charge in [-0.2, -0.15) is 0 Å². The zero-order valence-electron chi connectivity index (χ0n) is 16.5. The van der Waals surface area contributed by atoms with Crippen LogP contribution in [-0.2, 0) is 4.79 Å². The molecule has 2 aromatic rings. The van der Waals surface area contributed by atoms with Crippen LogP contribution in [0, 0.1) is 5.41 Å². The molecule has 3 rings (SSSR count). The van der Waals surface area contributed by atoms with E-state index in [-0.39, 0.29) is 11.8 Å². The predicted octanol–water partition coefficient (Wildman–Crippen LogP) is 4.11. The summed E-state index contributed by atoms with van der Waals surface area (Å²) >= 11 is 0. The molecule has 5 nitrogen and oxygen atoms in total. The fraction of sp³-hybridized carbons (Fsp3) is 0.545. The van der Waals surface area contributed by atoms with E-state index >= 15 is 0 Å². The number of aromatic nitrogens is 1. The summed E-state index contributed by atoms with van der Waals surface area (Å²) in [5.74, 6) is 0.0179. The molecule has 1 fully saturated rings. The van der Waals surface area contributed by atoms with Crippen LogP contribution in [0.1, 0.15) is 62.7 Å². The van der Waals surface area contributed by atoms with Crippen LogP contribution in [0.25, 0.3) is 10.9 Å². The number of carbonyl (C=O) groups is 2. The second-order valence-electron chi connectivity index (χ2n) is 7.70. The predicted molar refractivity (Wildman–Crippen MR) is 109 cm³/mol. The lowest BCUT2D eigenvalue weighted by Crippen LogP contribution is -2.35. The minimum absolute atomic E-state index is 0.132. The van der Waals surface area contributed by atoms with E-state index in [1.807, 2.05) is 29.2 Å². The molecule has 0 atom stereocenters. The maximum atomic E-state index is 12.6. The summed E-state index contributed by atoms with van der Waals surface area (Å²) in [5, 5.41) is 3.80. The Morgan fingerprint density at radius 2 is 1.93 bits per heavy atom. The first-order chi connectivity index (χ1) is 13.1. The zero-order valence-corrected chi connectivity index (χ0v) is 16.5. The van der Waals surface area contributed by atoms with Crippen molar-refractivity contribution in [3.63, 3.8) is 0 Å². The van der Waals surface area contributed by atoms with Gasteiger partial charge in [-0.1, -0.05) is 44.9 Å². The number of hydrogen-bond acceptors (Lipinski definition) is 2. The third-order valence-corrected chi connectivity index (χ3v) is 6.36. The topological polar surface area (TPSA) is 65.2 Å². The normalized spacial score (nSPS) is 16.9. The van der Waals surface area contributed by atoms with Crippen LogP contribution in [0.5, 0.6) is 0 Å². The Kier molecular flexibility index (Phi) is 6.19. The third-order valence-electron chi connectivity index (χ3n) is 6.36. The van der Waals surface area contributed by atoms with Gasteiger partial charge in [0, 0.05) is 43.2 Å². The number of fused-ring (bicyclic) bond motifs is 1. The monoisotopic (exact) mass is 369 g/mol. The highest BCUT2D eigenvalue weighted by Gasteiger charge is 2.30. The quantitative estimate of drug-likeness (QED) is 0.805. The number of aromatic amines is 1. The van der Waals surface area contributed by atoms with Crippen molar-refractivity contribution in [1.82, 2.24) is 15.2 Å². The Hall–Kier alpha value is -2.30. The van der Waals surface area contributed by atoms with Gasteiger partial charge in [0.15, 0.2) is 0 Å². The van der Waals surface area contributed by atoms with Crippen molar-refractivity contribution >= 4 is 22.7 Å². The van der Waals surface area contributed by atoms with E-state index in [0.29, 0.717) is 23.9 Å². The number of benzene rings is 1. The number of hydrogen-bond donors (Lipinski definition) is 2. The first kappa shape index (κ1) is 19.5. The van der Waals surface area contributed by atoms with Crippen molar-refractivity contribution in [2.45, 2.75) is 52.4 Å². The molecular weight excluding hydrogens is 338 g/mol. The van der Waals surface area contributed by atoms with Crippen LogP contribution in [0.15, 0.2) is 30.5 Å². The number of carbonyl (C=O) groups excluding carboxylic acids is 2. The number of amides is 2. The van der Waals surface area contributed by atoms with Crippen LogP contribution in [0.4, 0.5) is 0 Å². The van der Waals surface area contributed by atoms with Gasteiger partial charge in [0.2, 0.25) is 5.91 Å². The molecule has 0 unspecified atom stereocenters. The molecule has 0 saturated carbocycles. The van der Waals surface area contributed by atoms with Gasteiger partial charge in [0.25, 0.3) is 5.91 Å². The lowest BCUT2D eigenvalue weighted by Gasteiger charge is -2.30. The minimum atomic E-state index is -0.132. The van der Waals surface area contributed by atoms with Crippen molar-refractivity contribution in [3.05, 3.63) is 36.0 Å². The second kappa shape index (κ2) is 8.59. The number of rotatable bonds is 6. The van der Waals surface area contributed by atoms with Gasteiger partial charge < -0.3 is 15.2 Å². The Bertz CT molecular complexity index is 792. The molecule has 0 radical (unpaired) electrons. The highest BCUT2D eigenvalue weighted by molar-refractivity contribution is 6.06. The fourth-order valence-corrected chi connectivity index (χ4v) is 4.26. The van der Waals surface area contributed by atoms with Gasteiger partial charge in [0.05, 0.1) is 5.56 Å². The molecule has 2 amide bonds. The largest absolute Gasteiger partial charge is 0.360 e. The summed E-state index contributed by atoms with van der Waals surface area (Å²) in [6, 6.07) is 7.73. The van der Waals surface area contributed by atoms with Gasteiger partial charge in [-0.15, -0.1) is 0 Å². The smallest absolute Gasteiger partial charge is 0.253 e. The highest BCUT2D eigenvalue weighted by Crippen LogP contribution is 2.37. The standard InChI is InChI=1S/C22H31N3O2/c1-3-22(4-2)11-7-14-25(15-12-22)20(26)10-13-23-21(27)18-16-24-19-9-6-5-8-17(18)19/h5-6,8-9,16,24H,3-4,7,10-15H2,1-2H3,(H,23,27). The molecule has 1 saturated heterocycles. The second-order valence-corrected chi connectivity index (χ2v) is 7.70. The molecule has 1 aliphatic rings. The molecule has 2 heterocycles. The van der Waals surface area contributed by atoms with E-state index in [9.17, 15) is 9.59 Å². The maximum Gasteiger partial charge on any atom is 0.253 e. The number of para-hydroxylation sites is 1.